The van der Waals surface area contributed by atoms with E-state index in [0.717, 1.165) is 0 Å². The summed E-state index contributed by atoms with van der Waals surface area (Å²) in [6.07, 6.45) is 0.457. The summed E-state index contributed by atoms with van der Waals surface area (Å²) in [5, 5.41) is 20.2. The van der Waals surface area contributed by atoms with E-state index in [1.54, 1.807) is 6.07 Å². The van der Waals surface area contributed by atoms with E-state index >= 15 is 0 Å². The Kier molecular flexibility index (Phi) is 4.43. The van der Waals surface area contributed by atoms with Crippen LogP contribution in [0.2, 0.25) is 0 Å². The highest BCUT2D eigenvalue weighted by atomic mass is 79.9. The molecule has 0 aliphatic rings. The number of hydrogen-bond donors (Lipinski definition) is 1. The molecule has 0 aliphatic carbocycles. The van der Waals surface area contributed by atoms with Gasteiger partial charge in [0.1, 0.15) is 5.82 Å². The Morgan fingerprint density at radius 3 is 2.95 bits per heavy atom. The van der Waals surface area contributed by atoms with Gasteiger partial charge < -0.3 is 5.11 Å². The highest BCUT2D eigenvalue weighted by molar-refractivity contribution is 9.10. The van der Waals surface area contributed by atoms with Crippen LogP contribution < -0.4 is 0 Å². The first-order valence-corrected chi connectivity index (χ1v) is 6.77. The average Bonchev–Trinajstić information content (AvgIpc) is 2.87. The quantitative estimate of drug-likeness (QED) is 0.903. The van der Waals surface area contributed by atoms with Crippen LogP contribution in [0.15, 0.2) is 22.7 Å². The van der Waals surface area contributed by atoms with Crippen molar-refractivity contribution in [3.8, 4) is 11.4 Å². The molecular weight excluding hydrogens is 331 g/mol. The van der Waals surface area contributed by atoms with E-state index in [0.29, 0.717) is 22.3 Å². The van der Waals surface area contributed by atoms with Crippen molar-refractivity contribution in [1.29, 1.82) is 0 Å². The van der Waals surface area contributed by atoms with Gasteiger partial charge in [0.2, 0.25) is 0 Å². The molecule has 20 heavy (non-hydrogen) atoms. The first-order valence-electron chi connectivity index (χ1n) is 5.98. The molecule has 0 fully saturated rings. The normalized spacial score (nSPS) is 12.3. The molecule has 0 aliphatic heterocycles. The lowest BCUT2D eigenvalue weighted by Crippen LogP contribution is -2.15. The molecule has 1 aromatic carbocycles. The number of rotatable bonds is 5. The van der Waals surface area contributed by atoms with Gasteiger partial charge in [-0.05, 0) is 35.0 Å². The van der Waals surface area contributed by atoms with Gasteiger partial charge in [-0.1, -0.05) is 22.9 Å². The molecular formula is C12H12BrFN4O2. The van der Waals surface area contributed by atoms with Gasteiger partial charge in [-0.3, -0.25) is 4.79 Å². The second-order valence-corrected chi connectivity index (χ2v) is 5.09. The monoisotopic (exact) mass is 342 g/mol. The summed E-state index contributed by atoms with van der Waals surface area (Å²) in [5.74, 6) is -1.01. The second-order valence-electron chi connectivity index (χ2n) is 4.23. The van der Waals surface area contributed by atoms with Gasteiger partial charge in [-0.15, -0.1) is 5.10 Å². The van der Waals surface area contributed by atoms with Crippen molar-refractivity contribution in [2.24, 2.45) is 0 Å². The Bertz CT molecular complexity index is 632. The molecule has 0 spiro atoms. The van der Waals surface area contributed by atoms with Gasteiger partial charge in [-0.25, -0.2) is 9.07 Å². The zero-order valence-corrected chi connectivity index (χ0v) is 12.2. The molecule has 1 N–H and O–H groups in total. The van der Waals surface area contributed by atoms with Crippen LogP contribution in [-0.2, 0) is 4.79 Å². The van der Waals surface area contributed by atoms with Crippen LogP contribution in [-0.4, -0.2) is 31.3 Å². The van der Waals surface area contributed by atoms with Gasteiger partial charge in [0.05, 0.1) is 12.5 Å². The van der Waals surface area contributed by atoms with E-state index in [2.05, 4.69) is 31.5 Å². The Morgan fingerprint density at radius 2 is 2.30 bits per heavy atom. The summed E-state index contributed by atoms with van der Waals surface area (Å²) < 4.78 is 15.4. The summed E-state index contributed by atoms with van der Waals surface area (Å²) in [6, 6.07) is 3.80. The number of halogens is 2. The maximum Gasteiger partial charge on any atom is 0.305 e. The number of benzene rings is 1. The molecule has 106 valence electrons. The van der Waals surface area contributed by atoms with Crippen molar-refractivity contribution >= 4 is 21.9 Å². The predicted octanol–water partition coefficient (Wildman–Crippen LogP) is 2.67. The number of nitrogens with zero attached hydrogens (tertiary/aromatic N) is 4. The molecule has 6 nitrogen and oxygen atoms in total. The van der Waals surface area contributed by atoms with Crippen LogP contribution >= 0.6 is 15.9 Å². The van der Waals surface area contributed by atoms with Crippen molar-refractivity contribution in [2.45, 2.75) is 25.8 Å². The fraction of sp³-hybridized carbons (Fsp3) is 0.333. The van der Waals surface area contributed by atoms with Crippen molar-refractivity contribution in [2.75, 3.05) is 0 Å². The van der Waals surface area contributed by atoms with E-state index in [4.69, 9.17) is 5.11 Å². The largest absolute Gasteiger partial charge is 0.481 e. The molecule has 1 aromatic heterocycles. The number of aromatic nitrogens is 4. The number of aliphatic carboxylic acids is 1. The Morgan fingerprint density at radius 1 is 1.55 bits per heavy atom. The van der Waals surface area contributed by atoms with Crippen molar-refractivity contribution in [1.82, 2.24) is 20.2 Å². The molecule has 8 heteroatoms. The fourth-order valence-corrected chi connectivity index (χ4v) is 2.31. The highest BCUT2D eigenvalue weighted by Gasteiger charge is 2.21. The number of carboxylic acid groups (broad SMARTS) is 1. The summed E-state index contributed by atoms with van der Waals surface area (Å²) in [5.41, 5.74) is 0.485. The molecule has 0 bridgehead atoms. The first-order chi connectivity index (χ1) is 9.52. The fourth-order valence-electron chi connectivity index (χ4n) is 1.89. The SMILES string of the molecule is CCC(CC(=O)O)n1nnnc1-c1cc(F)ccc1Br. The number of hydrogen-bond acceptors (Lipinski definition) is 4. The molecule has 0 saturated carbocycles. The molecule has 0 amide bonds. The van der Waals surface area contributed by atoms with Gasteiger partial charge in [0.15, 0.2) is 5.82 Å². The van der Waals surface area contributed by atoms with Crippen molar-refractivity contribution in [3.05, 3.63) is 28.5 Å². The molecule has 2 rings (SSSR count). The van der Waals surface area contributed by atoms with E-state index in [1.807, 2.05) is 6.92 Å². The summed E-state index contributed by atoms with van der Waals surface area (Å²) in [4.78, 5) is 10.9. The predicted molar refractivity (Wildman–Crippen MR) is 72.5 cm³/mol. The Labute approximate surface area is 122 Å². The molecule has 0 saturated heterocycles. The third kappa shape index (κ3) is 3.01. The molecule has 1 atom stereocenters. The zero-order chi connectivity index (χ0) is 14.7. The standard InChI is InChI=1S/C12H12BrFN4O2/c1-2-8(6-11(19)20)18-12(15-16-17-18)9-5-7(14)3-4-10(9)13/h3-5,8H,2,6H2,1H3,(H,19,20). The van der Waals surface area contributed by atoms with Gasteiger partial charge >= 0.3 is 5.97 Å². The lowest BCUT2D eigenvalue weighted by atomic mass is 10.1. The third-order valence-electron chi connectivity index (χ3n) is 2.89. The van der Waals surface area contributed by atoms with Crippen LogP contribution in [0.3, 0.4) is 0 Å². The minimum atomic E-state index is -0.934. The summed E-state index contributed by atoms with van der Waals surface area (Å²) in [7, 11) is 0. The third-order valence-corrected chi connectivity index (χ3v) is 3.58. The summed E-state index contributed by atoms with van der Waals surface area (Å²) in [6.45, 7) is 1.85. The van der Waals surface area contributed by atoms with Gasteiger partial charge in [-0.2, -0.15) is 0 Å². The second kappa shape index (κ2) is 6.08. The Hall–Kier alpha value is -1.83. The maximum atomic E-state index is 13.4. The van der Waals surface area contributed by atoms with Gasteiger partial charge in [0.25, 0.3) is 0 Å². The molecule has 0 radical (unpaired) electrons. The van der Waals surface area contributed by atoms with Crippen molar-refractivity contribution < 1.29 is 14.3 Å². The van der Waals surface area contributed by atoms with Crippen LogP contribution in [0, 0.1) is 5.82 Å². The smallest absolute Gasteiger partial charge is 0.305 e. The molecule has 2 aromatic rings. The minimum absolute atomic E-state index is 0.0958. The highest BCUT2D eigenvalue weighted by Crippen LogP contribution is 2.29. The molecule has 1 heterocycles. The van der Waals surface area contributed by atoms with Crippen LogP contribution in [0.1, 0.15) is 25.8 Å². The molecule has 1 unspecified atom stereocenters. The minimum Gasteiger partial charge on any atom is -0.481 e. The first kappa shape index (κ1) is 14.6. The number of carboxylic acids is 1. The van der Waals surface area contributed by atoms with Gasteiger partial charge in [0, 0.05) is 10.0 Å². The average molecular weight is 343 g/mol. The lowest BCUT2D eigenvalue weighted by Gasteiger charge is -2.14. The summed E-state index contributed by atoms with van der Waals surface area (Å²) >= 11 is 3.32. The van der Waals surface area contributed by atoms with Crippen molar-refractivity contribution in [3.63, 3.8) is 0 Å². The Balaban J connectivity index is 2.46. The number of tetrazole rings is 1. The number of carbonyl (C=O) groups is 1. The van der Waals surface area contributed by atoms with Crippen LogP contribution in [0.25, 0.3) is 11.4 Å². The lowest BCUT2D eigenvalue weighted by molar-refractivity contribution is -0.138. The van der Waals surface area contributed by atoms with E-state index < -0.39 is 11.8 Å². The van der Waals surface area contributed by atoms with Crippen LogP contribution in [0.5, 0.6) is 0 Å². The zero-order valence-electron chi connectivity index (χ0n) is 10.6. The van der Waals surface area contributed by atoms with E-state index in [-0.39, 0.29) is 12.5 Å². The maximum absolute atomic E-state index is 13.4. The topological polar surface area (TPSA) is 80.9 Å². The van der Waals surface area contributed by atoms with Crippen LogP contribution in [0.4, 0.5) is 4.39 Å². The van der Waals surface area contributed by atoms with E-state index in [1.165, 1.54) is 16.8 Å². The van der Waals surface area contributed by atoms with E-state index in [9.17, 15) is 9.18 Å².